The molecule has 0 aliphatic carbocycles. The summed E-state index contributed by atoms with van der Waals surface area (Å²) in [6.07, 6.45) is 0. The number of carbonyl (C=O) groups is 5. The molecule has 1 aliphatic heterocycles. The van der Waals surface area contributed by atoms with Crippen LogP contribution in [0.3, 0.4) is 0 Å². The van der Waals surface area contributed by atoms with Gasteiger partial charge in [0.25, 0.3) is 11.8 Å². The first-order chi connectivity index (χ1) is 15.2. The number of hydrogen-bond acceptors (Lipinski definition) is 7. The van der Waals surface area contributed by atoms with E-state index in [1.54, 1.807) is 55.5 Å². The molecule has 32 heavy (non-hydrogen) atoms. The Balaban J connectivity index is 1.57. The third-order valence-electron chi connectivity index (χ3n) is 4.65. The molecule has 3 rings (SSSR count). The number of esters is 1. The van der Waals surface area contributed by atoms with Gasteiger partial charge in [0, 0.05) is 21.9 Å². The first-order valence-corrected chi connectivity index (χ1v) is 10.6. The number of Topliss-reactive ketones (excluding diaryl/α,β-unsaturated/α-hetero) is 1. The molecule has 0 saturated carbocycles. The fraction of sp³-hybridized carbons (Fsp3) is 0.227. The summed E-state index contributed by atoms with van der Waals surface area (Å²) >= 11 is 1.21. The third-order valence-corrected chi connectivity index (χ3v) is 6.04. The van der Waals surface area contributed by atoms with Crippen molar-refractivity contribution in [3.05, 3.63) is 59.7 Å². The second kappa shape index (κ2) is 9.65. The zero-order valence-corrected chi connectivity index (χ0v) is 18.2. The Bertz CT molecular complexity index is 1090. The van der Waals surface area contributed by atoms with Gasteiger partial charge in [-0.05, 0) is 50.2 Å². The Morgan fingerprint density at radius 2 is 1.75 bits per heavy atom. The molecule has 1 fully saturated rings. The molecule has 1 saturated heterocycles. The summed E-state index contributed by atoms with van der Waals surface area (Å²) in [5.41, 5.74) is 0.130. The van der Waals surface area contributed by atoms with Gasteiger partial charge in [0.15, 0.2) is 12.4 Å². The summed E-state index contributed by atoms with van der Waals surface area (Å²) in [6.45, 7) is 2.54. The summed E-state index contributed by atoms with van der Waals surface area (Å²) in [6, 6.07) is 12.4. The largest absolute Gasteiger partial charge is 0.452 e. The number of ether oxygens (including phenoxy) is 1. The quantitative estimate of drug-likeness (QED) is 0.241. The first kappa shape index (κ1) is 23.0. The molecule has 3 N–H and O–H groups in total. The fourth-order valence-electron chi connectivity index (χ4n) is 2.86. The molecule has 2 aromatic rings. The molecule has 1 atom stereocenters. The van der Waals surface area contributed by atoms with Crippen LogP contribution in [-0.2, 0) is 14.3 Å². The lowest BCUT2D eigenvalue weighted by Gasteiger charge is -2.20. The lowest BCUT2D eigenvalue weighted by Crippen LogP contribution is -2.46. The number of benzene rings is 2. The van der Waals surface area contributed by atoms with Crippen molar-refractivity contribution in [1.82, 2.24) is 10.6 Å². The fourth-order valence-corrected chi connectivity index (χ4v) is 3.99. The van der Waals surface area contributed by atoms with E-state index in [2.05, 4.69) is 16.0 Å². The van der Waals surface area contributed by atoms with E-state index in [-0.39, 0.29) is 17.1 Å². The van der Waals surface area contributed by atoms with Gasteiger partial charge in [0.1, 0.15) is 5.54 Å². The van der Waals surface area contributed by atoms with Gasteiger partial charge in [-0.25, -0.2) is 9.59 Å². The highest BCUT2D eigenvalue weighted by Gasteiger charge is 2.42. The Labute approximate surface area is 188 Å². The molecule has 0 aromatic heterocycles. The van der Waals surface area contributed by atoms with Crippen molar-refractivity contribution in [3.8, 4) is 0 Å². The van der Waals surface area contributed by atoms with Crippen molar-refractivity contribution in [2.45, 2.75) is 24.3 Å². The molecule has 4 amide bonds. The van der Waals surface area contributed by atoms with Crippen molar-refractivity contribution in [2.75, 3.05) is 17.7 Å². The van der Waals surface area contributed by atoms with Crippen molar-refractivity contribution in [2.24, 2.45) is 0 Å². The van der Waals surface area contributed by atoms with Crippen LogP contribution in [0, 0.1) is 0 Å². The number of hydrogen-bond donors (Lipinski definition) is 3. The van der Waals surface area contributed by atoms with Gasteiger partial charge in [-0.15, -0.1) is 11.8 Å². The van der Waals surface area contributed by atoms with Gasteiger partial charge < -0.3 is 15.4 Å². The minimum absolute atomic E-state index is 0.0849. The molecule has 0 unspecified atom stereocenters. The van der Waals surface area contributed by atoms with E-state index in [1.807, 2.05) is 0 Å². The number of ketones is 1. The SMILES string of the molecule is CC(=O)c1ccc(NC(=O)COC(=O)c2ccccc2SC[C@@]2(C)NC(=O)NC2=O)cc1. The average molecular weight is 455 g/mol. The number of thioether (sulfide) groups is 1. The number of rotatable bonds is 8. The Kier molecular flexibility index (Phi) is 6.94. The molecule has 2 aromatic carbocycles. The van der Waals surface area contributed by atoms with Gasteiger partial charge in [-0.2, -0.15) is 0 Å². The van der Waals surface area contributed by atoms with Gasteiger partial charge >= 0.3 is 12.0 Å². The van der Waals surface area contributed by atoms with Crippen LogP contribution >= 0.6 is 11.8 Å². The number of urea groups is 1. The van der Waals surface area contributed by atoms with Gasteiger partial charge in [0.2, 0.25) is 0 Å². The van der Waals surface area contributed by atoms with E-state index in [4.69, 9.17) is 4.74 Å². The molecule has 9 nitrogen and oxygen atoms in total. The Hall–Kier alpha value is -3.66. The number of amides is 4. The molecule has 166 valence electrons. The van der Waals surface area contributed by atoms with Crippen LogP contribution in [-0.4, -0.2) is 47.5 Å². The Morgan fingerprint density at radius 3 is 2.38 bits per heavy atom. The lowest BCUT2D eigenvalue weighted by atomic mass is 10.1. The maximum absolute atomic E-state index is 12.5. The zero-order chi connectivity index (χ0) is 23.3. The van der Waals surface area contributed by atoms with E-state index < -0.39 is 36.0 Å². The summed E-state index contributed by atoms with van der Waals surface area (Å²) < 4.78 is 5.13. The Morgan fingerprint density at radius 1 is 1.06 bits per heavy atom. The maximum Gasteiger partial charge on any atom is 0.339 e. The summed E-state index contributed by atoms with van der Waals surface area (Å²) in [7, 11) is 0. The molecule has 1 heterocycles. The van der Waals surface area contributed by atoms with Gasteiger partial charge in [-0.1, -0.05) is 12.1 Å². The monoisotopic (exact) mass is 455 g/mol. The van der Waals surface area contributed by atoms with Crippen LogP contribution in [0.25, 0.3) is 0 Å². The predicted octanol–water partition coefficient (Wildman–Crippen LogP) is 2.37. The van der Waals surface area contributed by atoms with Crippen LogP contribution in [0.4, 0.5) is 10.5 Å². The van der Waals surface area contributed by atoms with Crippen molar-refractivity contribution >= 4 is 47.0 Å². The van der Waals surface area contributed by atoms with E-state index in [9.17, 15) is 24.0 Å². The van der Waals surface area contributed by atoms with Crippen molar-refractivity contribution in [3.63, 3.8) is 0 Å². The highest BCUT2D eigenvalue weighted by Crippen LogP contribution is 2.28. The first-order valence-electron chi connectivity index (χ1n) is 9.61. The molecule has 10 heteroatoms. The van der Waals surface area contributed by atoms with Crippen molar-refractivity contribution in [1.29, 1.82) is 0 Å². The minimum atomic E-state index is -1.10. The lowest BCUT2D eigenvalue weighted by molar-refractivity contribution is -0.122. The standard InChI is InChI=1S/C22H21N3O6S/c1-13(26)14-7-9-15(10-8-14)23-18(27)11-31-19(28)16-5-3-4-6-17(16)32-12-22(2)20(29)24-21(30)25-22/h3-10H,11-12H2,1-2H3,(H,23,27)(H2,24,25,29,30)/t22-/m1/s1. The summed E-state index contributed by atoms with van der Waals surface area (Å²) in [4.78, 5) is 59.9. The van der Waals surface area contributed by atoms with Crippen LogP contribution in [0.15, 0.2) is 53.4 Å². The average Bonchev–Trinajstić information content (AvgIpc) is 3.02. The van der Waals surface area contributed by atoms with E-state index in [1.165, 1.54) is 18.7 Å². The number of imide groups is 1. The molecule has 1 aliphatic rings. The van der Waals surface area contributed by atoms with Crippen LogP contribution in [0.1, 0.15) is 34.6 Å². The number of carbonyl (C=O) groups excluding carboxylic acids is 5. The highest BCUT2D eigenvalue weighted by atomic mass is 32.2. The predicted molar refractivity (Wildman–Crippen MR) is 118 cm³/mol. The van der Waals surface area contributed by atoms with Crippen LogP contribution in [0.2, 0.25) is 0 Å². The van der Waals surface area contributed by atoms with Gasteiger partial charge in [0.05, 0.1) is 5.56 Å². The van der Waals surface area contributed by atoms with Crippen LogP contribution in [0.5, 0.6) is 0 Å². The molecular formula is C22H21N3O6S. The minimum Gasteiger partial charge on any atom is -0.452 e. The molecule has 0 radical (unpaired) electrons. The molecular weight excluding hydrogens is 434 g/mol. The summed E-state index contributed by atoms with van der Waals surface area (Å²) in [5, 5.41) is 7.34. The smallest absolute Gasteiger partial charge is 0.339 e. The van der Waals surface area contributed by atoms with Gasteiger partial charge in [-0.3, -0.25) is 19.7 Å². The van der Waals surface area contributed by atoms with Crippen LogP contribution < -0.4 is 16.0 Å². The van der Waals surface area contributed by atoms with E-state index in [0.717, 1.165) is 0 Å². The zero-order valence-electron chi connectivity index (χ0n) is 17.4. The third kappa shape index (κ3) is 5.52. The molecule has 0 spiro atoms. The van der Waals surface area contributed by atoms with Crippen molar-refractivity contribution < 1.29 is 28.7 Å². The van der Waals surface area contributed by atoms with E-state index >= 15 is 0 Å². The number of anilines is 1. The van der Waals surface area contributed by atoms with E-state index in [0.29, 0.717) is 16.1 Å². The number of nitrogens with one attached hydrogen (secondary N) is 3. The summed E-state index contributed by atoms with van der Waals surface area (Å²) in [5.74, 6) is -1.55. The maximum atomic E-state index is 12.5. The molecule has 0 bridgehead atoms. The topological polar surface area (TPSA) is 131 Å². The highest BCUT2D eigenvalue weighted by molar-refractivity contribution is 7.99. The normalized spacial score (nSPS) is 17.3. The second-order valence-corrected chi connectivity index (χ2v) is 8.30. The second-order valence-electron chi connectivity index (χ2n) is 7.28.